The zero-order chi connectivity index (χ0) is 10.5. The lowest BCUT2D eigenvalue weighted by Crippen LogP contribution is -2.41. The van der Waals surface area contributed by atoms with Gasteiger partial charge in [0, 0.05) is 19.1 Å². The molecule has 3 aliphatic rings. The molecular weight excluding hydrogens is 212 g/mol. The van der Waals surface area contributed by atoms with E-state index in [4.69, 9.17) is 0 Å². The van der Waals surface area contributed by atoms with Gasteiger partial charge in [0.05, 0.1) is 5.25 Å². The molecule has 3 rings (SSSR count). The first kappa shape index (κ1) is 10.1. The fourth-order valence-electron chi connectivity index (χ4n) is 2.79. The van der Waals surface area contributed by atoms with Crippen molar-refractivity contribution in [1.82, 2.24) is 9.62 Å². The van der Waals surface area contributed by atoms with Crippen LogP contribution in [0.5, 0.6) is 0 Å². The first-order chi connectivity index (χ1) is 7.18. The first-order valence-corrected chi connectivity index (χ1v) is 7.40. The summed E-state index contributed by atoms with van der Waals surface area (Å²) in [5.41, 5.74) is 0. The molecule has 1 N–H and O–H groups in total. The first-order valence-electron chi connectivity index (χ1n) is 5.90. The predicted octanol–water partition coefficient (Wildman–Crippen LogP) is 0.162. The number of hydrogen-bond acceptors (Lipinski definition) is 3. The summed E-state index contributed by atoms with van der Waals surface area (Å²) in [6.45, 7) is 2.53. The van der Waals surface area contributed by atoms with Crippen LogP contribution in [0.4, 0.5) is 0 Å². The Hall–Kier alpha value is -0.130. The molecular formula is C10H18N2O2S. The molecule has 2 saturated heterocycles. The normalized spacial score (nSPS) is 37.9. The monoisotopic (exact) mass is 230 g/mol. The van der Waals surface area contributed by atoms with E-state index in [0.717, 1.165) is 25.9 Å². The van der Waals surface area contributed by atoms with Gasteiger partial charge < -0.3 is 5.32 Å². The van der Waals surface area contributed by atoms with E-state index < -0.39 is 10.0 Å². The van der Waals surface area contributed by atoms with Gasteiger partial charge in [-0.1, -0.05) is 0 Å². The van der Waals surface area contributed by atoms with E-state index in [-0.39, 0.29) is 5.25 Å². The summed E-state index contributed by atoms with van der Waals surface area (Å²) in [5, 5.41) is 3.39. The molecule has 5 heteroatoms. The van der Waals surface area contributed by atoms with Crippen molar-refractivity contribution in [2.45, 2.75) is 37.0 Å². The van der Waals surface area contributed by atoms with Gasteiger partial charge in [0.25, 0.3) is 0 Å². The van der Waals surface area contributed by atoms with Gasteiger partial charge in [0.2, 0.25) is 10.0 Å². The molecule has 4 nitrogen and oxygen atoms in total. The van der Waals surface area contributed by atoms with Crippen LogP contribution in [0.25, 0.3) is 0 Å². The third-order valence-corrected chi connectivity index (χ3v) is 6.20. The standard InChI is InChI=1S/C10H18N2O2S/c13-15(14,9-3-4-9)12-6-8-2-1-5-11-10(8)7-12/h8-11H,1-7H2/t8-,10+/m0/s1. The molecule has 1 aliphatic carbocycles. The van der Waals surface area contributed by atoms with E-state index in [2.05, 4.69) is 5.32 Å². The SMILES string of the molecule is O=S(=O)(C1CC1)N1C[C@@H]2CCCN[C@@H]2C1. The molecule has 0 amide bonds. The highest BCUT2D eigenvalue weighted by Crippen LogP contribution is 2.35. The Morgan fingerprint density at radius 1 is 1.13 bits per heavy atom. The van der Waals surface area contributed by atoms with Crippen molar-refractivity contribution in [2.24, 2.45) is 5.92 Å². The maximum absolute atomic E-state index is 12.0. The average molecular weight is 230 g/mol. The van der Waals surface area contributed by atoms with Gasteiger partial charge in [-0.25, -0.2) is 8.42 Å². The quantitative estimate of drug-likeness (QED) is 0.735. The van der Waals surface area contributed by atoms with Gasteiger partial charge in [-0.3, -0.25) is 0 Å². The second kappa shape index (κ2) is 3.43. The summed E-state index contributed by atoms with van der Waals surface area (Å²) < 4.78 is 25.8. The van der Waals surface area contributed by atoms with Crippen molar-refractivity contribution in [1.29, 1.82) is 0 Å². The molecule has 3 fully saturated rings. The molecule has 86 valence electrons. The van der Waals surface area contributed by atoms with Crippen molar-refractivity contribution >= 4 is 10.0 Å². The van der Waals surface area contributed by atoms with Crippen LogP contribution >= 0.6 is 0 Å². The van der Waals surface area contributed by atoms with Gasteiger partial charge in [-0.05, 0) is 38.1 Å². The van der Waals surface area contributed by atoms with Crippen LogP contribution in [0.1, 0.15) is 25.7 Å². The second-order valence-electron chi connectivity index (χ2n) is 5.02. The molecule has 1 saturated carbocycles. The molecule has 2 atom stereocenters. The smallest absolute Gasteiger partial charge is 0.217 e. The third kappa shape index (κ3) is 1.70. The number of nitrogens with one attached hydrogen (secondary N) is 1. The average Bonchev–Trinajstić information content (AvgIpc) is 2.97. The fourth-order valence-corrected chi connectivity index (χ4v) is 4.71. The largest absolute Gasteiger partial charge is 0.312 e. The summed E-state index contributed by atoms with van der Waals surface area (Å²) in [6.07, 6.45) is 4.13. The van der Waals surface area contributed by atoms with E-state index in [1.54, 1.807) is 4.31 Å². The van der Waals surface area contributed by atoms with Crippen molar-refractivity contribution in [2.75, 3.05) is 19.6 Å². The minimum atomic E-state index is -2.93. The van der Waals surface area contributed by atoms with Gasteiger partial charge in [0.15, 0.2) is 0 Å². The Labute approximate surface area is 91.1 Å². The molecule has 0 unspecified atom stereocenters. The van der Waals surface area contributed by atoms with E-state index in [9.17, 15) is 8.42 Å². The van der Waals surface area contributed by atoms with Crippen molar-refractivity contribution in [3.8, 4) is 0 Å². The minimum absolute atomic E-state index is 0.0438. The number of hydrogen-bond donors (Lipinski definition) is 1. The van der Waals surface area contributed by atoms with Crippen LogP contribution in [0.15, 0.2) is 0 Å². The van der Waals surface area contributed by atoms with Crippen molar-refractivity contribution < 1.29 is 8.42 Å². The lowest BCUT2D eigenvalue weighted by molar-refractivity contribution is 0.339. The number of nitrogens with zero attached hydrogens (tertiary/aromatic N) is 1. The summed E-state index contributed by atoms with van der Waals surface area (Å²) in [5.74, 6) is 0.562. The molecule has 2 heterocycles. The molecule has 15 heavy (non-hydrogen) atoms. The second-order valence-corrected chi connectivity index (χ2v) is 7.24. The summed E-state index contributed by atoms with van der Waals surface area (Å²) >= 11 is 0. The maximum Gasteiger partial charge on any atom is 0.217 e. The fraction of sp³-hybridized carbons (Fsp3) is 1.00. The van der Waals surface area contributed by atoms with E-state index >= 15 is 0 Å². The number of rotatable bonds is 2. The Morgan fingerprint density at radius 2 is 1.93 bits per heavy atom. The van der Waals surface area contributed by atoms with Gasteiger partial charge in [-0.15, -0.1) is 0 Å². The lowest BCUT2D eigenvalue weighted by atomic mass is 9.94. The van der Waals surface area contributed by atoms with E-state index in [1.165, 1.54) is 12.8 Å². The number of sulfonamides is 1. The maximum atomic E-state index is 12.0. The molecule has 0 bridgehead atoms. The topological polar surface area (TPSA) is 49.4 Å². The lowest BCUT2D eigenvalue weighted by Gasteiger charge is -2.24. The van der Waals surface area contributed by atoms with E-state index in [0.29, 0.717) is 18.5 Å². The number of fused-ring (bicyclic) bond motifs is 1. The van der Waals surface area contributed by atoms with Crippen LogP contribution < -0.4 is 5.32 Å². The van der Waals surface area contributed by atoms with Crippen molar-refractivity contribution in [3.63, 3.8) is 0 Å². The molecule has 0 spiro atoms. The van der Waals surface area contributed by atoms with Crippen LogP contribution in [-0.2, 0) is 10.0 Å². The molecule has 0 radical (unpaired) electrons. The third-order valence-electron chi connectivity index (χ3n) is 3.87. The highest BCUT2D eigenvalue weighted by atomic mass is 32.2. The zero-order valence-corrected chi connectivity index (χ0v) is 9.67. The molecule has 2 aliphatic heterocycles. The summed E-state index contributed by atoms with van der Waals surface area (Å²) in [4.78, 5) is 0. The van der Waals surface area contributed by atoms with Crippen LogP contribution in [0.2, 0.25) is 0 Å². The Balaban J connectivity index is 1.74. The molecule has 0 aromatic heterocycles. The molecule has 0 aromatic rings. The van der Waals surface area contributed by atoms with Crippen molar-refractivity contribution in [3.05, 3.63) is 0 Å². The van der Waals surface area contributed by atoms with Crippen LogP contribution in [0, 0.1) is 5.92 Å². The highest BCUT2D eigenvalue weighted by molar-refractivity contribution is 7.90. The van der Waals surface area contributed by atoms with Gasteiger partial charge in [0.1, 0.15) is 0 Å². The van der Waals surface area contributed by atoms with Gasteiger partial charge >= 0.3 is 0 Å². The zero-order valence-electron chi connectivity index (χ0n) is 8.85. The molecule has 0 aromatic carbocycles. The number of piperidine rings is 1. The highest BCUT2D eigenvalue weighted by Gasteiger charge is 2.45. The van der Waals surface area contributed by atoms with Gasteiger partial charge in [-0.2, -0.15) is 4.31 Å². The minimum Gasteiger partial charge on any atom is -0.312 e. The summed E-state index contributed by atoms with van der Waals surface area (Å²) in [6, 6.07) is 0.423. The Kier molecular flexibility index (Phi) is 2.30. The van der Waals surface area contributed by atoms with Crippen LogP contribution in [-0.4, -0.2) is 43.6 Å². The summed E-state index contributed by atoms with van der Waals surface area (Å²) in [7, 11) is -2.93. The Bertz CT molecular complexity index is 336. The Morgan fingerprint density at radius 3 is 2.60 bits per heavy atom. The van der Waals surface area contributed by atoms with E-state index in [1.807, 2.05) is 0 Å². The predicted molar refractivity (Wildman–Crippen MR) is 58.0 cm³/mol. The van der Waals surface area contributed by atoms with Crippen LogP contribution in [0.3, 0.4) is 0 Å².